The van der Waals surface area contributed by atoms with Crippen molar-refractivity contribution in [1.29, 1.82) is 0 Å². The number of non-ortho nitro benzene ring substituents is 1. The Kier molecular flexibility index (Phi) is 6.98. The Morgan fingerprint density at radius 1 is 1.19 bits per heavy atom. The van der Waals surface area contributed by atoms with Gasteiger partial charge in [0, 0.05) is 31.3 Å². The molecule has 0 aliphatic carbocycles. The highest BCUT2D eigenvalue weighted by Crippen LogP contribution is 2.36. The van der Waals surface area contributed by atoms with E-state index in [9.17, 15) is 14.9 Å². The van der Waals surface area contributed by atoms with E-state index in [0.717, 1.165) is 15.8 Å². The number of hydrogen-bond acceptors (Lipinski definition) is 7. The van der Waals surface area contributed by atoms with Crippen molar-refractivity contribution < 1.29 is 14.5 Å². The number of benzene rings is 2. The maximum atomic E-state index is 13.1. The Balaban J connectivity index is 1.91. The fourth-order valence-corrected chi connectivity index (χ4v) is 4.03. The number of amides is 1. The van der Waals surface area contributed by atoms with E-state index in [2.05, 4.69) is 0 Å². The number of hydrogen-bond donors (Lipinski definition) is 0. The van der Waals surface area contributed by atoms with Gasteiger partial charge in [0.2, 0.25) is 0 Å². The van der Waals surface area contributed by atoms with E-state index in [1.54, 1.807) is 30.2 Å². The van der Waals surface area contributed by atoms with Gasteiger partial charge in [-0.05, 0) is 56.4 Å². The van der Waals surface area contributed by atoms with Crippen LogP contribution >= 0.6 is 11.3 Å². The van der Waals surface area contributed by atoms with Crippen LogP contribution in [0.15, 0.2) is 42.5 Å². The van der Waals surface area contributed by atoms with Crippen LogP contribution in [0.25, 0.3) is 16.3 Å². The first-order valence-corrected chi connectivity index (χ1v) is 10.4. The number of carbonyl (C=O) groups excluding carboxylic acids is 1. The molecule has 1 amide bonds. The van der Waals surface area contributed by atoms with Gasteiger partial charge in [-0.25, -0.2) is 4.98 Å². The molecular weight excluding hydrogens is 416 g/mol. The summed E-state index contributed by atoms with van der Waals surface area (Å²) in [5.41, 5.74) is 2.52. The van der Waals surface area contributed by atoms with Crippen molar-refractivity contribution in [2.75, 3.05) is 39.2 Å². The summed E-state index contributed by atoms with van der Waals surface area (Å²) in [5, 5.41) is 11.4. The van der Waals surface area contributed by atoms with E-state index < -0.39 is 4.92 Å². The predicted octanol–water partition coefficient (Wildman–Crippen LogP) is 4.13. The molecule has 9 heteroatoms. The number of anilines is 1. The van der Waals surface area contributed by atoms with Gasteiger partial charge >= 0.3 is 0 Å². The topological polar surface area (TPSA) is 88.8 Å². The molecule has 0 N–H and O–H groups in total. The first-order valence-electron chi connectivity index (χ1n) is 9.63. The summed E-state index contributed by atoms with van der Waals surface area (Å²) in [4.78, 5) is 31.8. The molecule has 0 aliphatic heterocycles. The molecule has 0 bridgehead atoms. The molecule has 8 nitrogen and oxygen atoms in total. The molecule has 1 heterocycles. The summed E-state index contributed by atoms with van der Waals surface area (Å²) in [7, 11) is 5.49. The van der Waals surface area contributed by atoms with Crippen molar-refractivity contribution >= 4 is 44.4 Å². The summed E-state index contributed by atoms with van der Waals surface area (Å²) >= 11 is 1.45. The van der Waals surface area contributed by atoms with Crippen LogP contribution in [0, 0.1) is 17.0 Å². The molecule has 162 valence electrons. The highest BCUT2D eigenvalue weighted by Gasteiger charge is 2.20. The second kappa shape index (κ2) is 9.67. The third-order valence-electron chi connectivity index (χ3n) is 4.70. The van der Waals surface area contributed by atoms with Crippen LogP contribution in [0.2, 0.25) is 0 Å². The van der Waals surface area contributed by atoms with E-state index in [1.807, 2.05) is 38.1 Å². The zero-order chi connectivity index (χ0) is 22.5. The van der Waals surface area contributed by atoms with Crippen LogP contribution in [0.4, 0.5) is 10.8 Å². The molecule has 0 saturated carbocycles. The lowest BCUT2D eigenvalue weighted by Gasteiger charge is -2.20. The van der Waals surface area contributed by atoms with Gasteiger partial charge in [0.05, 0.1) is 16.7 Å². The lowest BCUT2D eigenvalue weighted by molar-refractivity contribution is -0.384. The SMILES string of the molecule is COc1ccc(C)c2sc(N(CCN(C)C)C(=O)/C=C\c3ccc([N+](=O)[O-])cc3)nc12. The molecule has 0 spiro atoms. The van der Waals surface area contributed by atoms with Gasteiger partial charge < -0.3 is 9.64 Å². The zero-order valence-corrected chi connectivity index (χ0v) is 18.7. The molecule has 0 unspecified atom stereocenters. The van der Waals surface area contributed by atoms with E-state index in [-0.39, 0.29) is 11.6 Å². The maximum Gasteiger partial charge on any atom is 0.269 e. The van der Waals surface area contributed by atoms with Gasteiger partial charge in [-0.3, -0.25) is 19.8 Å². The molecule has 0 saturated heterocycles. The highest BCUT2D eigenvalue weighted by atomic mass is 32.1. The molecule has 0 atom stereocenters. The van der Waals surface area contributed by atoms with Gasteiger partial charge in [0.1, 0.15) is 11.3 Å². The van der Waals surface area contributed by atoms with E-state index >= 15 is 0 Å². The number of ether oxygens (including phenoxy) is 1. The lowest BCUT2D eigenvalue weighted by atomic mass is 10.2. The molecule has 3 rings (SSSR count). The lowest BCUT2D eigenvalue weighted by Crippen LogP contribution is -2.35. The Morgan fingerprint density at radius 2 is 1.90 bits per heavy atom. The number of fused-ring (bicyclic) bond motifs is 1. The molecule has 31 heavy (non-hydrogen) atoms. The van der Waals surface area contributed by atoms with Crippen molar-refractivity contribution in [3.05, 3.63) is 63.7 Å². The molecule has 1 aromatic heterocycles. The van der Waals surface area contributed by atoms with Crippen molar-refractivity contribution in [3.8, 4) is 5.75 Å². The number of aryl methyl sites for hydroxylation is 1. The number of likely N-dealkylation sites (N-methyl/N-ethyl adjacent to an activating group) is 1. The van der Waals surface area contributed by atoms with Crippen molar-refractivity contribution in [3.63, 3.8) is 0 Å². The van der Waals surface area contributed by atoms with Crippen molar-refractivity contribution in [2.24, 2.45) is 0 Å². The number of carbonyl (C=O) groups is 1. The minimum Gasteiger partial charge on any atom is -0.494 e. The largest absolute Gasteiger partial charge is 0.494 e. The van der Waals surface area contributed by atoms with Crippen LogP contribution in [0.5, 0.6) is 5.75 Å². The Hall–Kier alpha value is -3.30. The third-order valence-corrected chi connectivity index (χ3v) is 5.92. The van der Waals surface area contributed by atoms with Crippen LogP contribution in [0.3, 0.4) is 0 Å². The van der Waals surface area contributed by atoms with Gasteiger partial charge in [-0.1, -0.05) is 17.4 Å². The summed E-state index contributed by atoms with van der Waals surface area (Å²) in [6.45, 7) is 3.14. The summed E-state index contributed by atoms with van der Waals surface area (Å²) < 4.78 is 6.42. The van der Waals surface area contributed by atoms with Gasteiger partial charge in [-0.15, -0.1) is 0 Å². The highest BCUT2D eigenvalue weighted by molar-refractivity contribution is 7.22. The van der Waals surface area contributed by atoms with E-state index in [1.165, 1.54) is 29.5 Å². The molecule has 3 aromatic rings. The van der Waals surface area contributed by atoms with Crippen LogP contribution in [-0.4, -0.2) is 55.0 Å². The standard InChI is InChI=1S/C22H24N4O4S/c1-15-5-11-18(30-4)20-21(15)31-22(23-20)25(14-13-24(2)3)19(27)12-8-16-6-9-17(10-7-16)26(28)29/h5-12H,13-14H2,1-4H3/b12-8-. The van der Waals surface area contributed by atoms with E-state index in [4.69, 9.17) is 9.72 Å². The maximum absolute atomic E-state index is 13.1. The molecule has 0 radical (unpaired) electrons. The predicted molar refractivity (Wildman–Crippen MR) is 124 cm³/mol. The van der Waals surface area contributed by atoms with Crippen molar-refractivity contribution in [2.45, 2.75) is 6.92 Å². The number of rotatable bonds is 8. The molecule has 2 aromatic carbocycles. The summed E-state index contributed by atoms with van der Waals surface area (Å²) in [5.74, 6) is 0.459. The summed E-state index contributed by atoms with van der Waals surface area (Å²) in [6.07, 6.45) is 3.11. The third kappa shape index (κ3) is 5.25. The number of nitrogens with zero attached hydrogens (tertiary/aromatic N) is 4. The first kappa shape index (κ1) is 22.4. The first-order chi connectivity index (χ1) is 14.8. The van der Waals surface area contributed by atoms with Crippen LogP contribution in [-0.2, 0) is 4.79 Å². The molecular formula is C22H24N4O4S. The zero-order valence-electron chi connectivity index (χ0n) is 17.9. The van der Waals surface area contributed by atoms with Crippen LogP contribution in [0.1, 0.15) is 11.1 Å². The minimum absolute atomic E-state index is 0.00915. The van der Waals surface area contributed by atoms with E-state index in [0.29, 0.717) is 29.5 Å². The smallest absolute Gasteiger partial charge is 0.269 e. The molecule has 0 aliphatic rings. The monoisotopic (exact) mass is 440 g/mol. The number of nitro benzene ring substituents is 1. The Bertz CT molecular complexity index is 1120. The normalized spacial score (nSPS) is 11.4. The van der Waals surface area contributed by atoms with Gasteiger partial charge in [-0.2, -0.15) is 0 Å². The Morgan fingerprint density at radius 3 is 2.52 bits per heavy atom. The summed E-state index contributed by atoms with van der Waals surface area (Å²) in [6, 6.07) is 9.90. The quantitative estimate of drug-likeness (QED) is 0.297. The fraction of sp³-hybridized carbons (Fsp3) is 0.273. The number of thiazole rings is 1. The molecule has 0 fully saturated rings. The Labute approximate surface area is 184 Å². The number of aromatic nitrogens is 1. The average molecular weight is 441 g/mol. The second-order valence-electron chi connectivity index (χ2n) is 7.23. The number of nitro groups is 1. The fourth-order valence-electron chi connectivity index (χ4n) is 2.94. The number of methoxy groups -OCH3 is 1. The van der Waals surface area contributed by atoms with Gasteiger partial charge in [0.25, 0.3) is 11.6 Å². The van der Waals surface area contributed by atoms with Crippen molar-refractivity contribution in [1.82, 2.24) is 9.88 Å². The minimum atomic E-state index is -0.453. The van der Waals surface area contributed by atoms with Crippen LogP contribution < -0.4 is 9.64 Å². The van der Waals surface area contributed by atoms with Gasteiger partial charge in [0.15, 0.2) is 5.13 Å². The average Bonchev–Trinajstić information content (AvgIpc) is 3.18. The second-order valence-corrected chi connectivity index (χ2v) is 8.21.